The van der Waals surface area contributed by atoms with Crippen LogP contribution in [-0.2, 0) is 19.6 Å². The van der Waals surface area contributed by atoms with Crippen molar-refractivity contribution in [2.45, 2.75) is 58.3 Å². The lowest BCUT2D eigenvalue weighted by Gasteiger charge is -2.26. The first-order valence-corrected chi connectivity index (χ1v) is 10.9. The molecule has 3 unspecified atom stereocenters. The highest BCUT2D eigenvalue weighted by Crippen LogP contribution is 2.33. The first-order chi connectivity index (χ1) is 14.8. The summed E-state index contributed by atoms with van der Waals surface area (Å²) in [7, 11) is 3.37. The lowest BCUT2D eigenvalue weighted by molar-refractivity contribution is -0.0276. The molecule has 0 aliphatic carbocycles. The van der Waals surface area contributed by atoms with Gasteiger partial charge in [0.05, 0.1) is 24.9 Å². The van der Waals surface area contributed by atoms with E-state index in [4.69, 9.17) is 23.7 Å². The van der Waals surface area contributed by atoms with Crippen molar-refractivity contribution in [2.24, 2.45) is 0 Å². The van der Waals surface area contributed by atoms with E-state index in [1.807, 2.05) is 45.0 Å². The second kappa shape index (κ2) is 12.1. The van der Waals surface area contributed by atoms with Gasteiger partial charge in [0.15, 0.2) is 0 Å². The molecule has 2 aromatic carbocycles. The summed E-state index contributed by atoms with van der Waals surface area (Å²) in [5.41, 5.74) is 2.31. The SMILES string of the molecule is COC(C)COc1ccc(C(C)(C)c2ccc(OCC(C)OCC(C)OC)cc2)cc1. The van der Waals surface area contributed by atoms with E-state index in [9.17, 15) is 0 Å². The molecule has 0 saturated heterocycles. The van der Waals surface area contributed by atoms with Gasteiger partial charge < -0.3 is 23.7 Å². The van der Waals surface area contributed by atoms with Crippen LogP contribution in [0, 0.1) is 0 Å². The normalized spacial score (nSPS) is 14.7. The van der Waals surface area contributed by atoms with Crippen LogP contribution in [0.2, 0.25) is 0 Å². The summed E-state index contributed by atoms with van der Waals surface area (Å²) in [5.74, 6) is 1.69. The summed E-state index contributed by atoms with van der Waals surface area (Å²) in [5, 5.41) is 0. The van der Waals surface area contributed by atoms with Gasteiger partial charge in [0.25, 0.3) is 0 Å². The van der Waals surface area contributed by atoms with Gasteiger partial charge in [-0.3, -0.25) is 0 Å². The van der Waals surface area contributed by atoms with Gasteiger partial charge in [0.2, 0.25) is 0 Å². The van der Waals surface area contributed by atoms with Crippen LogP contribution in [0.5, 0.6) is 11.5 Å². The highest BCUT2D eigenvalue weighted by atomic mass is 16.6. The minimum Gasteiger partial charge on any atom is -0.491 e. The van der Waals surface area contributed by atoms with Crippen molar-refractivity contribution in [3.05, 3.63) is 59.7 Å². The van der Waals surface area contributed by atoms with Gasteiger partial charge in [0.1, 0.15) is 24.7 Å². The molecule has 0 saturated carbocycles. The second-order valence-corrected chi connectivity index (χ2v) is 8.53. The van der Waals surface area contributed by atoms with E-state index in [0.29, 0.717) is 19.8 Å². The molecule has 0 aliphatic heterocycles. The molecule has 0 spiro atoms. The maximum absolute atomic E-state index is 5.89. The van der Waals surface area contributed by atoms with Crippen molar-refractivity contribution in [2.75, 3.05) is 34.0 Å². The molecule has 0 N–H and O–H groups in total. The van der Waals surface area contributed by atoms with Gasteiger partial charge in [-0.05, 0) is 56.2 Å². The highest BCUT2D eigenvalue weighted by Gasteiger charge is 2.23. The minimum atomic E-state index is -0.135. The molecule has 0 radical (unpaired) electrons. The number of hydrogen-bond acceptors (Lipinski definition) is 5. The predicted octanol–water partition coefficient (Wildman–Crippen LogP) is 5.25. The Morgan fingerprint density at radius 2 is 1.00 bits per heavy atom. The van der Waals surface area contributed by atoms with E-state index >= 15 is 0 Å². The predicted molar refractivity (Wildman–Crippen MR) is 124 cm³/mol. The summed E-state index contributed by atoms with van der Waals surface area (Å²) in [6, 6.07) is 16.6. The summed E-state index contributed by atoms with van der Waals surface area (Å²) in [4.78, 5) is 0. The number of hydrogen-bond donors (Lipinski definition) is 0. The molecule has 0 fully saturated rings. The first-order valence-electron chi connectivity index (χ1n) is 10.9. The Labute approximate surface area is 187 Å². The lowest BCUT2D eigenvalue weighted by Crippen LogP contribution is -2.23. The van der Waals surface area contributed by atoms with Crippen LogP contribution in [-0.4, -0.2) is 52.4 Å². The maximum Gasteiger partial charge on any atom is 0.119 e. The van der Waals surface area contributed by atoms with Crippen molar-refractivity contribution >= 4 is 0 Å². The number of methoxy groups -OCH3 is 2. The Bertz CT molecular complexity index is 754. The van der Waals surface area contributed by atoms with Gasteiger partial charge in [-0.2, -0.15) is 0 Å². The van der Waals surface area contributed by atoms with Crippen LogP contribution in [0.1, 0.15) is 45.7 Å². The van der Waals surface area contributed by atoms with E-state index in [-0.39, 0.29) is 23.7 Å². The highest BCUT2D eigenvalue weighted by molar-refractivity contribution is 5.41. The minimum absolute atomic E-state index is 0.00123. The van der Waals surface area contributed by atoms with Crippen LogP contribution in [0.25, 0.3) is 0 Å². The van der Waals surface area contributed by atoms with Crippen molar-refractivity contribution in [1.29, 1.82) is 0 Å². The maximum atomic E-state index is 5.89. The average molecular weight is 431 g/mol. The van der Waals surface area contributed by atoms with Crippen LogP contribution < -0.4 is 9.47 Å². The van der Waals surface area contributed by atoms with Crippen molar-refractivity contribution < 1.29 is 23.7 Å². The fourth-order valence-electron chi connectivity index (χ4n) is 3.01. The Kier molecular flexibility index (Phi) is 9.82. The Balaban J connectivity index is 1.93. The zero-order valence-corrected chi connectivity index (χ0v) is 20.0. The molecule has 31 heavy (non-hydrogen) atoms. The number of rotatable bonds is 13. The van der Waals surface area contributed by atoms with Crippen LogP contribution >= 0.6 is 0 Å². The lowest BCUT2D eigenvalue weighted by atomic mass is 9.78. The quantitative estimate of drug-likeness (QED) is 0.435. The molecular weight excluding hydrogens is 392 g/mol. The van der Waals surface area contributed by atoms with Gasteiger partial charge in [-0.25, -0.2) is 0 Å². The number of benzene rings is 2. The molecular formula is C26H38O5. The molecule has 5 nitrogen and oxygen atoms in total. The summed E-state index contributed by atoms with van der Waals surface area (Å²) in [6.45, 7) is 12.0. The molecule has 2 aromatic rings. The Morgan fingerprint density at radius 3 is 1.42 bits per heavy atom. The van der Waals surface area contributed by atoms with Crippen LogP contribution in [0.15, 0.2) is 48.5 Å². The monoisotopic (exact) mass is 430 g/mol. The second-order valence-electron chi connectivity index (χ2n) is 8.53. The molecule has 0 aliphatic rings. The van der Waals surface area contributed by atoms with Gasteiger partial charge in [-0.15, -0.1) is 0 Å². The van der Waals surface area contributed by atoms with E-state index in [1.165, 1.54) is 11.1 Å². The van der Waals surface area contributed by atoms with E-state index in [0.717, 1.165) is 11.5 Å². The van der Waals surface area contributed by atoms with Crippen molar-refractivity contribution in [3.8, 4) is 11.5 Å². The Morgan fingerprint density at radius 1 is 0.613 bits per heavy atom. The van der Waals surface area contributed by atoms with Gasteiger partial charge >= 0.3 is 0 Å². The standard InChI is InChI=1S/C26H38O5/c1-19(27-6)16-29-21(3)18-31-25-14-10-23(11-15-25)26(4,5)22-8-12-24(13-9-22)30-17-20(2)28-7/h8-15,19-21H,16-18H2,1-7H3. The van der Waals surface area contributed by atoms with E-state index in [1.54, 1.807) is 14.2 Å². The van der Waals surface area contributed by atoms with E-state index < -0.39 is 0 Å². The first kappa shape index (κ1) is 25.2. The smallest absolute Gasteiger partial charge is 0.119 e. The average Bonchev–Trinajstić information content (AvgIpc) is 2.80. The molecule has 0 bridgehead atoms. The summed E-state index contributed by atoms with van der Waals surface area (Å²) in [6.07, 6.45) is 0.153. The molecule has 172 valence electrons. The number of ether oxygens (including phenoxy) is 5. The summed E-state index contributed by atoms with van der Waals surface area (Å²) >= 11 is 0. The Hall–Kier alpha value is -2.08. The third-order valence-corrected chi connectivity index (χ3v) is 5.54. The zero-order chi connectivity index (χ0) is 22.9. The fraction of sp³-hybridized carbons (Fsp3) is 0.538. The molecule has 3 atom stereocenters. The van der Waals surface area contributed by atoms with Crippen molar-refractivity contribution in [1.82, 2.24) is 0 Å². The molecule has 2 rings (SSSR count). The topological polar surface area (TPSA) is 46.2 Å². The zero-order valence-electron chi connectivity index (χ0n) is 20.0. The van der Waals surface area contributed by atoms with Crippen LogP contribution in [0.3, 0.4) is 0 Å². The third kappa shape index (κ3) is 7.84. The van der Waals surface area contributed by atoms with Gasteiger partial charge in [0, 0.05) is 19.6 Å². The van der Waals surface area contributed by atoms with Crippen molar-refractivity contribution in [3.63, 3.8) is 0 Å². The molecule has 0 heterocycles. The third-order valence-electron chi connectivity index (χ3n) is 5.54. The van der Waals surface area contributed by atoms with Crippen LogP contribution in [0.4, 0.5) is 0 Å². The van der Waals surface area contributed by atoms with E-state index in [2.05, 4.69) is 38.1 Å². The molecule has 5 heteroatoms. The largest absolute Gasteiger partial charge is 0.491 e. The fourth-order valence-corrected chi connectivity index (χ4v) is 3.01. The summed E-state index contributed by atoms with van der Waals surface area (Å²) < 4.78 is 27.8. The molecule has 0 aromatic heterocycles. The molecule has 0 amide bonds. The van der Waals surface area contributed by atoms with Gasteiger partial charge in [-0.1, -0.05) is 38.1 Å².